The fourth-order valence-corrected chi connectivity index (χ4v) is 6.06. The van der Waals surface area contributed by atoms with Crippen LogP contribution in [-0.4, -0.2) is 57.6 Å². The molecule has 35 heavy (non-hydrogen) atoms. The van der Waals surface area contributed by atoms with E-state index >= 15 is 0 Å². The molecule has 1 aromatic carbocycles. The van der Waals surface area contributed by atoms with Crippen molar-refractivity contribution >= 4 is 27.3 Å². The number of hydrogen-bond acceptors (Lipinski definition) is 7. The molecule has 5 rings (SSSR count). The van der Waals surface area contributed by atoms with Gasteiger partial charge in [0.2, 0.25) is 16.0 Å². The van der Waals surface area contributed by atoms with Gasteiger partial charge in [-0.2, -0.15) is 4.52 Å². The number of aromatic nitrogens is 3. The van der Waals surface area contributed by atoms with Crippen LogP contribution in [0.2, 0.25) is 0 Å². The molecule has 0 bridgehead atoms. The van der Waals surface area contributed by atoms with Crippen molar-refractivity contribution in [1.29, 1.82) is 0 Å². The average molecular weight is 495 g/mol. The topological polar surface area (TPSA) is 82.8 Å². The Morgan fingerprint density at radius 2 is 1.83 bits per heavy atom. The lowest BCUT2D eigenvalue weighted by Crippen LogP contribution is -2.48. The molecule has 0 aliphatic carbocycles. The summed E-state index contributed by atoms with van der Waals surface area (Å²) in [7, 11) is 0. The van der Waals surface area contributed by atoms with Gasteiger partial charge in [-0.15, -0.1) is 5.10 Å². The molecule has 0 radical (unpaired) electrons. The molecule has 2 saturated heterocycles. The number of nitrogens with zero attached hydrogens (tertiary/aromatic N) is 5. The van der Waals surface area contributed by atoms with Crippen LogP contribution in [0.25, 0.3) is 4.96 Å². The number of amides is 1. The summed E-state index contributed by atoms with van der Waals surface area (Å²) >= 11 is 1.46. The molecule has 0 spiro atoms. The van der Waals surface area contributed by atoms with Gasteiger partial charge in [0.05, 0.1) is 0 Å². The van der Waals surface area contributed by atoms with Crippen molar-refractivity contribution in [2.24, 2.45) is 5.92 Å². The Kier molecular flexibility index (Phi) is 7.43. The van der Waals surface area contributed by atoms with Crippen molar-refractivity contribution in [3.8, 4) is 0 Å². The average Bonchev–Trinajstić information content (AvgIpc) is 3.31. The van der Waals surface area contributed by atoms with Crippen LogP contribution in [0.15, 0.2) is 41.2 Å². The molecule has 2 fully saturated rings. The van der Waals surface area contributed by atoms with Gasteiger partial charge in [0.15, 0.2) is 0 Å². The second kappa shape index (κ2) is 10.9. The molecule has 0 unspecified atom stereocenters. The van der Waals surface area contributed by atoms with Gasteiger partial charge in [0.25, 0.3) is 5.56 Å². The first kappa shape index (κ1) is 23.9. The summed E-state index contributed by atoms with van der Waals surface area (Å²) in [6, 6.07) is 12.4. The molecule has 1 amide bonds. The number of likely N-dealkylation sites (tertiary alicyclic amines) is 1. The third-order valence-electron chi connectivity index (χ3n) is 7.11. The van der Waals surface area contributed by atoms with E-state index in [0.717, 1.165) is 82.1 Å². The summed E-state index contributed by atoms with van der Waals surface area (Å²) in [5, 5.41) is 8.65. The second-order valence-electron chi connectivity index (χ2n) is 9.72. The molecule has 1 N–H and O–H groups in total. The second-order valence-corrected chi connectivity index (χ2v) is 10.7. The number of anilines is 1. The van der Waals surface area contributed by atoms with Gasteiger partial charge in [0, 0.05) is 56.4 Å². The molecular weight excluding hydrogens is 460 g/mol. The number of hydrogen-bond donors (Lipinski definition) is 1. The van der Waals surface area contributed by atoms with E-state index in [1.54, 1.807) is 6.07 Å². The predicted molar refractivity (Wildman–Crippen MR) is 139 cm³/mol. The molecule has 0 atom stereocenters. The zero-order chi connectivity index (χ0) is 24.2. The highest BCUT2D eigenvalue weighted by Gasteiger charge is 2.29. The first-order chi connectivity index (χ1) is 17.1. The van der Waals surface area contributed by atoms with Gasteiger partial charge >= 0.3 is 0 Å². The van der Waals surface area contributed by atoms with E-state index in [9.17, 15) is 9.59 Å². The number of aryl methyl sites for hydroxylation is 1. The van der Waals surface area contributed by atoms with Crippen LogP contribution < -0.4 is 15.8 Å². The van der Waals surface area contributed by atoms with Crippen molar-refractivity contribution in [3.63, 3.8) is 0 Å². The Hall–Kier alpha value is -2.78. The summed E-state index contributed by atoms with van der Waals surface area (Å²) in [5.41, 5.74) is 2.05. The maximum absolute atomic E-state index is 13.0. The highest BCUT2D eigenvalue weighted by Crippen LogP contribution is 2.27. The standard InChI is InChI=1S/C26H34N6O2S/c1-2-6-22-17-23(33)32-25(28-22)35-26(29-32)31-15-9-20(10-16-31)24(34)27-21-11-13-30(14-12-21)18-19-7-4-3-5-8-19/h3-5,7-8,17,20-21H,2,6,9-16,18H2,1H3,(H,27,34). The minimum Gasteiger partial charge on any atom is -0.353 e. The lowest BCUT2D eigenvalue weighted by atomic mass is 9.95. The summed E-state index contributed by atoms with van der Waals surface area (Å²) in [6.07, 6.45) is 5.37. The van der Waals surface area contributed by atoms with E-state index in [-0.39, 0.29) is 23.4 Å². The van der Waals surface area contributed by atoms with Crippen molar-refractivity contribution in [2.45, 2.75) is 58.0 Å². The molecule has 4 heterocycles. The fourth-order valence-electron chi connectivity index (χ4n) is 5.09. The van der Waals surface area contributed by atoms with Crippen molar-refractivity contribution in [1.82, 2.24) is 24.8 Å². The number of carbonyl (C=O) groups is 1. The molecule has 0 saturated carbocycles. The molecule has 3 aromatic rings. The van der Waals surface area contributed by atoms with E-state index in [1.165, 1.54) is 21.4 Å². The summed E-state index contributed by atoms with van der Waals surface area (Å²) in [5.74, 6) is 0.234. The van der Waals surface area contributed by atoms with Gasteiger partial charge < -0.3 is 10.2 Å². The fraction of sp³-hybridized carbons (Fsp3) is 0.538. The smallest absolute Gasteiger partial charge is 0.275 e. The molecule has 186 valence electrons. The Morgan fingerprint density at radius 3 is 2.54 bits per heavy atom. The van der Waals surface area contributed by atoms with Crippen LogP contribution in [0, 0.1) is 5.92 Å². The number of benzene rings is 1. The van der Waals surface area contributed by atoms with Gasteiger partial charge in [0.1, 0.15) is 0 Å². The molecule has 2 aromatic heterocycles. The van der Waals surface area contributed by atoms with Crippen molar-refractivity contribution < 1.29 is 4.79 Å². The van der Waals surface area contributed by atoms with Crippen LogP contribution in [0.3, 0.4) is 0 Å². The lowest BCUT2D eigenvalue weighted by Gasteiger charge is -2.35. The van der Waals surface area contributed by atoms with E-state index < -0.39 is 0 Å². The Bertz CT molecular complexity index is 1190. The third-order valence-corrected chi connectivity index (χ3v) is 8.08. The normalized spacial score (nSPS) is 18.3. The molecule has 2 aliphatic heterocycles. The molecule has 8 nitrogen and oxygen atoms in total. The first-order valence-electron chi connectivity index (χ1n) is 12.8. The molecule has 9 heteroatoms. The molecular formula is C26H34N6O2S. The highest BCUT2D eigenvalue weighted by molar-refractivity contribution is 7.20. The SMILES string of the molecule is CCCc1cc(=O)n2nc(N3CCC(C(=O)NC4CCN(Cc5ccccc5)CC4)CC3)sc2n1. The van der Waals surface area contributed by atoms with Gasteiger partial charge in [-0.3, -0.25) is 14.5 Å². The molecule has 2 aliphatic rings. The monoisotopic (exact) mass is 494 g/mol. The summed E-state index contributed by atoms with van der Waals surface area (Å²) in [6.45, 7) is 6.63. The summed E-state index contributed by atoms with van der Waals surface area (Å²) < 4.78 is 1.40. The number of fused-ring (bicyclic) bond motifs is 1. The Balaban J connectivity index is 1.10. The van der Waals surface area contributed by atoms with E-state index in [0.29, 0.717) is 4.96 Å². The first-order valence-corrected chi connectivity index (χ1v) is 13.6. The van der Waals surface area contributed by atoms with Crippen LogP contribution in [-0.2, 0) is 17.8 Å². The highest BCUT2D eigenvalue weighted by atomic mass is 32.1. The Labute approximate surface area is 210 Å². The van der Waals surface area contributed by atoms with Gasteiger partial charge in [-0.25, -0.2) is 4.98 Å². The zero-order valence-corrected chi connectivity index (χ0v) is 21.2. The van der Waals surface area contributed by atoms with Crippen molar-refractivity contribution in [3.05, 3.63) is 58.0 Å². The third kappa shape index (κ3) is 5.73. The van der Waals surface area contributed by atoms with E-state index in [4.69, 9.17) is 0 Å². The number of carbonyl (C=O) groups excluding carboxylic acids is 1. The van der Waals surface area contributed by atoms with Crippen LogP contribution in [0.1, 0.15) is 50.3 Å². The maximum Gasteiger partial charge on any atom is 0.275 e. The Morgan fingerprint density at radius 1 is 1.09 bits per heavy atom. The summed E-state index contributed by atoms with van der Waals surface area (Å²) in [4.78, 5) is 35.3. The van der Waals surface area contributed by atoms with Gasteiger partial charge in [-0.05, 0) is 37.7 Å². The van der Waals surface area contributed by atoms with Crippen LogP contribution in [0.4, 0.5) is 5.13 Å². The van der Waals surface area contributed by atoms with Crippen LogP contribution >= 0.6 is 11.3 Å². The van der Waals surface area contributed by atoms with Gasteiger partial charge in [-0.1, -0.05) is 55.0 Å². The zero-order valence-electron chi connectivity index (χ0n) is 20.4. The maximum atomic E-state index is 13.0. The number of rotatable bonds is 7. The quantitative estimate of drug-likeness (QED) is 0.544. The number of piperidine rings is 2. The number of nitrogens with one attached hydrogen (secondary N) is 1. The predicted octanol–water partition coefficient (Wildman–Crippen LogP) is 3.10. The van der Waals surface area contributed by atoms with E-state index in [1.807, 2.05) is 0 Å². The minimum atomic E-state index is -0.120. The van der Waals surface area contributed by atoms with E-state index in [2.05, 4.69) is 62.5 Å². The lowest BCUT2D eigenvalue weighted by molar-refractivity contribution is -0.126. The largest absolute Gasteiger partial charge is 0.353 e. The van der Waals surface area contributed by atoms with Crippen LogP contribution in [0.5, 0.6) is 0 Å². The van der Waals surface area contributed by atoms with Crippen molar-refractivity contribution in [2.75, 3.05) is 31.1 Å². The minimum absolute atomic E-state index is 0.0416.